The normalized spacial score (nSPS) is 7.50. The average Bonchev–Trinajstić information content (AvgIpc) is 1.71. The molecule has 0 radical (unpaired) electrons. The molecule has 0 heterocycles. The number of thiol groups is 1. The highest BCUT2D eigenvalue weighted by Gasteiger charge is 1.68. The van der Waals surface area contributed by atoms with Crippen LogP contribution in [-0.2, 0) is 0 Å². The van der Waals surface area contributed by atoms with Gasteiger partial charge >= 0.3 is 0 Å². The molecule has 52 valence electrons. The quantitative estimate of drug-likeness (QED) is 0.551. The number of hydrogen-bond acceptors (Lipinski definition) is 1. The highest BCUT2D eigenvalue weighted by molar-refractivity contribution is 7.80. The third kappa shape index (κ3) is 32.9. The second-order valence-corrected chi connectivity index (χ2v) is 2.30. The fourth-order valence-electron chi connectivity index (χ4n) is 0.354. The molecule has 1 heteroatoms. The molecule has 0 aromatic rings. The van der Waals surface area contributed by atoms with Crippen molar-refractivity contribution in [2.45, 2.75) is 40.0 Å². The Balaban J connectivity index is 0. The number of hydrogen-bond donors (Lipinski definition) is 1. The van der Waals surface area contributed by atoms with Crippen LogP contribution in [0, 0.1) is 0 Å². The molecule has 0 aromatic carbocycles. The maximum Gasteiger partial charge on any atom is -0.0126 e. The van der Waals surface area contributed by atoms with Gasteiger partial charge in [0.25, 0.3) is 0 Å². The highest BCUT2D eigenvalue weighted by atomic mass is 32.1. The van der Waals surface area contributed by atoms with Gasteiger partial charge in [0.15, 0.2) is 0 Å². The van der Waals surface area contributed by atoms with E-state index in [1.54, 1.807) is 0 Å². The lowest BCUT2D eigenvalue weighted by molar-refractivity contribution is 0.772. The van der Waals surface area contributed by atoms with Crippen molar-refractivity contribution in [1.82, 2.24) is 0 Å². The predicted octanol–water partition coefficient (Wildman–Crippen LogP) is 3.13. The van der Waals surface area contributed by atoms with E-state index in [9.17, 15) is 0 Å². The molecule has 0 bridgehead atoms. The summed E-state index contributed by atoms with van der Waals surface area (Å²) in [6.07, 6.45) is 4.08. The van der Waals surface area contributed by atoms with Crippen LogP contribution in [0.1, 0.15) is 40.0 Å². The molecule has 0 spiro atoms. The molecular formula is C7H18S. The summed E-state index contributed by atoms with van der Waals surface area (Å²) in [5, 5.41) is 0. The lowest BCUT2D eigenvalue weighted by Gasteiger charge is -1.79. The van der Waals surface area contributed by atoms with Gasteiger partial charge in [-0.1, -0.05) is 40.0 Å². The first-order valence-electron chi connectivity index (χ1n) is 3.44. The zero-order valence-corrected chi connectivity index (χ0v) is 7.17. The Morgan fingerprint density at radius 3 is 1.25 bits per heavy atom. The van der Waals surface area contributed by atoms with Gasteiger partial charge in [-0.15, -0.1) is 0 Å². The summed E-state index contributed by atoms with van der Waals surface area (Å²) in [6.45, 7) is 6.41. The highest BCUT2D eigenvalue weighted by Crippen LogP contribution is 1.88. The van der Waals surface area contributed by atoms with Crippen LogP contribution in [0.15, 0.2) is 0 Å². The topological polar surface area (TPSA) is 0 Å². The van der Waals surface area contributed by atoms with Crippen LogP contribution in [0.4, 0.5) is 0 Å². The standard InChI is InChI=1S/C5H12.C2H6S/c1-3-5-4-2;1-2-3/h3-5H2,1-2H3;3H,2H2,1H3. The third-order valence-electron chi connectivity index (χ3n) is 0.707. The predicted molar refractivity (Wildman–Crippen MR) is 44.7 cm³/mol. The van der Waals surface area contributed by atoms with Crippen LogP contribution < -0.4 is 0 Å². The maximum absolute atomic E-state index is 3.79. The zero-order chi connectivity index (χ0) is 6.83. The largest absolute Gasteiger partial charge is 0.180 e. The molecule has 0 rings (SSSR count). The van der Waals surface area contributed by atoms with E-state index in [2.05, 4.69) is 26.5 Å². The summed E-state index contributed by atoms with van der Waals surface area (Å²) in [6, 6.07) is 0. The third-order valence-corrected chi connectivity index (χ3v) is 0.707. The van der Waals surface area contributed by atoms with Crippen molar-refractivity contribution in [3.05, 3.63) is 0 Å². The second-order valence-electron chi connectivity index (χ2n) is 1.67. The minimum absolute atomic E-state index is 0.944. The van der Waals surface area contributed by atoms with Crippen LogP contribution in [0.5, 0.6) is 0 Å². The van der Waals surface area contributed by atoms with Crippen LogP contribution in [0.3, 0.4) is 0 Å². The first kappa shape index (κ1) is 11.2. The van der Waals surface area contributed by atoms with Crippen molar-refractivity contribution in [3.8, 4) is 0 Å². The van der Waals surface area contributed by atoms with Gasteiger partial charge in [0.05, 0.1) is 0 Å². The Morgan fingerprint density at radius 1 is 1.00 bits per heavy atom. The molecule has 0 saturated heterocycles. The first-order valence-corrected chi connectivity index (χ1v) is 4.07. The number of rotatable bonds is 2. The summed E-state index contributed by atoms with van der Waals surface area (Å²) in [4.78, 5) is 0. The lowest BCUT2D eigenvalue weighted by atomic mass is 10.3. The molecule has 0 saturated carbocycles. The Morgan fingerprint density at radius 2 is 1.25 bits per heavy atom. The van der Waals surface area contributed by atoms with Gasteiger partial charge in [-0.2, -0.15) is 12.6 Å². The van der Waals surface area contributed by atoms with Crippen LogP contribution in [0.2, 0.25) is 0 Å². The molecule has 0 aromatic heterocycles. The van der Waals surface area contributed by atoms with Crippen LogP contribution in [-0.4, -0.2) is 5.75 Å². The summed E-state index contributed by atoms with van der Waals surface area (Å²) >= 11 is 3.79. The molecule has 0 amide bonds. The molecular weight excluding hydrogens is 116 g/mol. The molecule has 0 aliphatic rings. The van der Waals surface area contributed by atoms with Crippen molar-refractivity contribution in [1.29, 1.82) is 0 Å². The van der Waals surface area contributed by atoms with E-state index < -0.39 is 0 Å². The smallest absolute Gasteiger partial charge is 0.0126 e. The molecule has 0 nitrogen and oxygen atoms in total. The Kier molecular flexibility index (Phi) is 21.9. The minimum atomic E-state index is 0.944. The number of unbranched alkanes of at least 4 members (excludes halogenated alkanes) is 2. The fraction of sp³-hybridized carbons (Fsp3) is 1.00. The van der Waals surface area contributed by atoms with E-state index in [4.69, 9.17) is 0 Å². The Bertz CT molecular complexity index is 18.3. The van der Waals surface area contributed by atoms with E-state index in [0.717, 1.165) is 5.75 Å². The molecule has 0 aliphatic carbocycles. The molecule has 0 fully saturated rings. The van der Waals surface area contributed by atoms with Crippen molar-refractivity contribution < 1.29 is 0 Å². The second kappa shape index (κ2) is 15.7. The van der Waals surface area contributed by atoms with Crippen molar-refractivity contribution >= 4 is 12.6 Å². The molecule has 0 N–H and O–H groups in total. The molecule has 8 heavy (non-hydrogen) atoms. The van der Waals surface area contributed by atoms with E-state index in [1.807, 2.05) is 6.92 Å². The summed E-state index contributed by atoms with van der Waals surface area (Å²) in [7, 11) is 0. The monoisotopic (exact) mass is 134 g/mol. The Hall–Kier alpha value is 0.350. The maximum atomic E-state index is 3.79. The van der Waals surface area contributed by atoms with Gasteiger partial charge in [0.1, 0.15) is 0 Å². The van der Waals surface area contributed by atoms with E-state index in [-0.39, 0.29) is 0 Å². The van der Waals surface area contributed by atoms with E-state index in [0.29, 0.717) is 0 Å². The summed E-state index contributed by atoms with van der Waals surface area (Å²) in [5.74, 6) is 0.944. The van der Waals surface area contributed by atoms with Gasteiger partial charge in [-0.25, -0.2) is 0 Å². The molecule has 0 aliphatic heterocycles. The minimum Gasteiger partial charge on any atom is -0.180 e. The Labute approximate surface area is 59.1 Å². The van der Waals surface area contributed by atoms with Crippen molar-refractivity contribution in [2.75, 3.05) is 5.75 Å². The van der Waals surface area contributed by atoms with Crippen LogP contribution in [0.25, 0.3) is 0 Å². The zero-order valence-electron chi connectivity index (χ0n) is 6.28. The van der Waals surface area contributed by atoms with E-state index in [1.165, 1.54) is 19.3 Å². The van der Waals surface area contributed by atoms with Gasteiger partial charge in [-0.05, 0) is 5.75 Å². The van der Waals surface area contributed by atoms with Crippen LogP contribution >= 0.6 is 12.6 Å². The van der Waals surface area contributed by atoms with E-state index >= 15 is 0 Å². The SMILES string of the molecule is CCCCC.CCS. The molecule has 0 atom stereocenters. The van der Waals surface area contributed by atoms with Gasteiger partial charge < -0.3 is 0 Å². The lowest BCUT2D eigenvalue weighted by Crippen LogP contribution is -1.59. The van der Waals surface area contributed by atoms with Gasteiger partial charge in [0.2, 0.25) is 0 Å². The average molecular weight is 134 g/mol. The summed E-state index contributed by atoms with van der Waals surface area (Å²) < 4.78 is 0. The van der Waals surface area contributed by atoms with Gasteiger partial charge in [0, 0.05) is 0 Å². The fourth-order valence-corrected chi connectivity index (χ4v) is 0.354. The van der Waals surface area contributed by atoms with Gasteiger partial charge in [-0.3, -0.25) is 0 Å². The van der Waals surface area contributed by atoms with Crippen molar-refractivity contribution in [2.24, 2.45) is 0 Å². The first-order chi connectivity index (χ1) is 3.83. The van der Waals surface area contributed by atoms with Crippen molar-refractivity contribution in [3.63, 3.8) is 0 Å². The summed E-state index contributed by atoms with van der Waals surface area (Å²) in [5.41, 5.74) is 0. The molecule has 0 unspecified atom stereocenters.